The van der Waals surface area contributed by atoms with E-state index >= 15 is 0 Å². The molecule has 6 aromatic carbocycles. The average molecular weight is 720 g/mol. The molecule has 0 aliphatic heterocycles. The molecule has 236 valence electrons. The Morgan fingerprint density at radius 2 is 0.875 bits per heavy atom. The van der Waals surface area contributed by atoms with Crippen LogP contribution in [-0.4, -0.2) is 5.43 Å². The van der Waals surface area contributed by atoms with Gasteiger partial charge in [0.15, 0.2) is 0 Å². The van der Waals surface area contributed by atoms with Crippen LogP contribution < -0.4 is 0 Å². The minimum absolute atomic E-state index is 0.210. The van der Waals surface area contributed by atoms with Gasteiger partial charge in [-0.3, -0.25) is 0 Å². The van der Waals surface area contributed by atoms with E-state index in [1.807, 2.05) is 38.1 Å². The quantitative estimate of drug-likeness (QED) is 0.134. The van der Waals surface area contributed by atoms with Gasteiger partial charge in [-0.2, -0.15) is 0 Å². The fraction of sp³-hybridized carbons (Fsp3) is 0.136. The Labute approximate surface area is 299 Å². The van der Waals surface area contributed by atoms with Crippen LogP contribution in [0.1, 0.15) is 22.6 Å². The summed E-state index contributed by atoms with van der Waals surface area (Å²) in [6, 6.07) is 46.9. The van der Waals surface area contributed by atoms with Crippen molar-refractivity contribution in [2.75, 3.05) is 0 Å². The van der Waals surface area contributed by atoms with Gasteiger partial charge >= 0.3 is 41.9 Å². The van der Waals surface area contributed by atoms with Gasteiger partial charge in [0.05, 0.1) is 23.0 Å². The first-order valence-corrected chi connectivity index (χ1v) is 22.5. The number of benzene rings is 4. The number of fused-ring (bicyclic) bond motifs is 2. The van der Waals surface area contributed by atoms with Gasteiger partial charge in [-0.15, -0.1) is 57.9 Å². The molecule has 8 rings (SSSR count). The largest absolute Gasteiger partial charge is 0.496 e. The van der Waals surface area contributed by atoms with Crippen molar-refractivity contribution in [2.24, 2.45) is 0 Å². The minimum Gasteiger partial charge on any atom is -0.496 e. The molecule has 0 aliphatic rings. The molecule has 4 heteroatoms. The standard InChI is InChI=1S/2C21H17O.C2H6Si.Zr/c2*1-14-8-10-17-12-18(20-11-9-15(2)22-20)13-19(17)21(14)16-6-4-3-5-7-16;1-3-2;/h2*3-13H,1-2H3;1-2H3;/q2*-1;;+2. The normalized spacial score (nSPS) is 10.8. The summed E-state index contributed by atoms with van der Waals surface area (Å²) < 4.78 is 11.5. The van der Waals surface area contributed by atoms with E-state index in [0.717, 1.165) is 34.2 Å². The Hall–Kier alpha value is -4.24. The molecule has 0 saturated heterocycles. The van der Waals surface area contributed by atoms with Crippen LogP contribution in [0.25, 0.3) is 66.4 Å². The van der Waals surface area contributed by atoms with Gasteiger partial charge in [0.25, 0.3) is 0 Å². The molecule has 0 bridgehead atoms. The van der Waals surface area contributed by atoms with E-state index in [0.29, 0.717) is 0 Å². The summed E-state index contributed by atoms with van der Waals surface area (Å²) in [5.41, 5.74) is 10.2. The molecule has 0 amide bonds. The summed E-state index contributed by atoms with van der Waals surface area (Å²) in [4.78, 5) is 0. The second-order valence-corrected chi connectivity index (χ2v) is 21.9. The van der Waals surface area contributed by atoms with E-state index in [2.05, 4.69) is 136 Å². The van der Waals surface area contributed by atoms with Crippen LogP contribution in [0.2, 0.25) is 13.1 Å². The molecule has 8 aromatic rings. The Kier molecular flexibility index (Phi) is 10.4. The molecule has 48 heavy (non-hydrogen) atoms. The Bertz CT molecular complexity index is 2150. The Balaban J connectivity index is 0.000000151. The van der Waals surface area contributed by atoms with E-state index in [1.165, 1.54) is 54.9 Å². The van der Waals surface area contributed by atoms with Crippen molar-refractivity contribution in [1.29, 1.82) is 0 Å². The monoisotopic (exact) mass is 718 g/mol. The molecular weight excluding hydrogens is 680 g/mol. The molecule has 0 unspecified atom stereocenters. The third kappa shape index (κ3) is 7.57. The van der Waals surface area contributed by atoms with Crippen LogP contribution in [0.15, 0.2) is 142 Å². The molecule has 0 radical (unpaired) electrons. The molecule has 2 aromatic heterocycles. The van der Waals surface area contributed by atoms with Crippen molar-refractivity contribution in [3.8, 4) is 44.9 Å². The third-order valence-corrected chi connectivity index (χ3v) is 8.37. The fourth-order valence-corrected chi connectivity index (χ4v) is 6.22. The summed E-state index contributed by atoms with van der Waals surface area (Å²) in [7, 11) is 0. The zero-order valence-corrected chi connectivity index (χ0v) is 32.0. The maximum absolute atomic E-state index is 5.77. The van der Waals surface area contributed by atoms with Crippen LogP contribution >= 0.6 is 0 Å². The zero-order valence-electron chi connectivity index (χ0n) is 28.5. The van der Waals surface area contributed by atoms with E-state index in [4.69, 9.17) is 8.83 Å². The summed E-state index contributed by atoms with van der Waals surface area (Å²) >= 11 is 1.74. The summed E-state index contributed by atoms with van der Waals surface area (Å²) in [6.07, 6.45) is 0. The van der Waals surface area contributed by atoms with Gasteiger partial charge in [-0.05, 0) is 74.2 Å². The topological polar surface area (TPSA) is 26.3 Å². The van der Waals surface area contributed by atoms with Crippen molar-refractivity contribution < 1.29 is 32.2 Å². The van der Waals surface area contributed by atoms with Gasteiger partial charge in [-0.25, -0.2) is 0 Å². The molecule has 0 aliphatic carbocycles. The number of aryl methyl sites for hydroxylation is 4. The second kappa shape index (κ2) is 14.9. The average Bonchev–Trinajstić information content (AvgIpc) is 3.88. The van der Waals surface area contributed by atoms with Gasteiger partial charge in [-0.1, -0.05) is 95.1 Å². The molecule has 0 atom stereocenters. The maximum atomic E-state index is 5.77. The molecular formula is C44H40O2SiZr. The number of hydrogen-bond donors (Lipinski definition) is 0. The third-order valence-electron chi connectivity index (χ3n) is 8.37. The van der Waals surface area contributed by atoms with Gasteiger partial charge in [0.2, 0.25) is 0 Å². The smallest absolute Gasteiger partial charge is 0.0896 e. The van der Waals surface area contributed by atoms with Crippen molar-refractivity contribution in [3.05, 3.63) is 156 Å². The van der Waals surface area contributed by atoms with Gasteiger partial charge < -0.3 is 8.83 Å². The summed E-state index contributed by atoms with van der Waals surface area (Å²) in [5.74, 6) is 3.76. The van der Waals surface area contributed by atoms with Crippen molar-refractivity contribution >= 4 is 27.0 Å². The van der Waals surface area contributed by atoms with Gasteiger partial charge in [0.1, 0.15) is 0 Å². The first kappa shape index (κ1) is 33.7. The molecule has 0 fully saturated rings. The number of rotatable bonds is 4. The predicted molar refractivity (Wildman–Crippen MR) is 202 cm³/mol. The zero-order chi connectivity index (χ0) is 33.8. The first-order valence-electron chi connectivity index (χ1n) is 16.3. The minimum atomic E-state index is 0.210. The summed E-state index contributed by atoms with van der Waals surface area (Å²) in [5, 5.41) is 5.09. The van der Waals surface area contributed by atoms with E-state index in [-0.39, 0.29) is 5.43 Å². The van der Waals surface area contributed by atoms with E-state index < -0.39 is 0 Å². The Morgan fingerprint density at radius 3 is 1.21 bits per heavy atom. The molecule has 0 saturated carbocycles. The molecule has 0 N–H and O–H groups in total. The number of hydrogen-bond acceptors (Lipinski definition) is 2. The Morgan fingerprint density at radius 1 is 0.500 bits per heavy atom. The van der Waals surface area contributed by atoms with E-state index in [1.54, 1.807) is 23.3 Å². The van der Waals surface area contributed by atoms with Crippen LogP contribution in [0.3, 0.4) is 0 Å². The van der Waals surface area contributed by atoms with Crippen LogP contribution in [0, 0.1) is 27.7 Å². The fourth-order valence-electron chi connectivity index (χ4n) is 6.22. The van der Waals surface area contributed by atoms with Crippen LogP contribution in [0.5, 0.6) is 0 Å². The first-order chi connectivity index (χ1) is 23.2. The number of furan rings is 2. The van der Waals surface area contributed by atoms with Gasteiger partial charge in [0, 0.05) is 0 Å². The predicted octanol–water partition coefficient (Wildman–Crippen LogP) is 13.0. The maximum Gasteiger partial charge on any atom is 0.0896 e. The van der Waals surface area contributed by atoms with Crippen LogP contribution in [-0.2, 0) is 23.3 Å². The van der Waals surface area contributed by atoms with E-state index in [9.17, 15) is 0 Å². The molecule has 0 spiro atoms. The van der Waals surface area contributed by atoms with Crippen molar-refractivity contribution in [2.45, 2.75) is 40.8 Å². The SMILES string of the molecule is C[Si](C)=[Zr+2].Cc1ccc(-c2cc3c(-c4ccccc4)c(C)ccc3[cH-]2)o1.Cc1ccc(-c2cc3c(-c4ccccc4)c(C)ccc3[cH-]2)o1. The molecule has 2 heterocycles. The second-order valence-electron chi connectivity index (χ2n) is 12.6. The molecule has 2 nitrogen and oxygen atoms in total. The van der Waals surface area contributed by atoms with Crippen molar-refractivity contribution in [1.82, 2.24) is 0 Å². The van der Waals surface area contributed by atoms with Crippen LogP contribution in [0.4, 0.5) is 0 Å². The summed E-state index contributed by atoms with van der Waals surface area (Å²) in [6.45, 7) is 12.9. The van der Waals surface area contributed by atoms with Crippen molar-refractivity contribution in [3.63, 3.8) is 0 Å².